The highest BCUT2D eigenvalue weighted by Gasteiger charge is 2.58. The third-order valence-corrected chi connectivity index (χ3v) is 7.01. The van der Waals surface area contributed by atoms with E-state index in [0.29, 0.717) is 5.00 Å². The topological polar surface area (TPSA) is 95.0 Å². The highest BCUT2D eigenvalue weighted by molar-refractivity contribution is 8.01. The van der Waals surface area contributed by atoms with Crippen molar-refractivity contribution < 1.29 is 24.3 Å². The number of carboxylic acids is 1. The molecule has 2 fully saturated rings. The lowest BCUT2D eigenvalue weighted by molar-refractivity contribution is -0.151. The molecule has 0 radical (unpaired) electrons. The summed E-state index contributed by atoms with van der Waals surface area (Å²) < 4.78 is 0. The summed E-state index contributed by atoms with van der Waals surface area (Å²) in [5.41, 5.74) is 0. The number of β-lactam (4-membered cyclic amide) rings is 1. The number of rotatable bonds is 5. The van der Waals surface area contributed by atoms with Crippen molar-refractivity contribution in [2.75, 3.05) is 11.4 Å². The molecule has 3 unspecified atom stereocenters. The summed E-state index contributed by atoms with van der Waals surface area (Å²) >= 11 is 2.44. The highest BCUT2D eigenvalue weighted by Crippen LogP contribution is 2.45. The Morgan fingerprint density at radius 2 is 2.12 bits per heavy atom. The Hall–Kier alpha value is -1.87. The van der Waals surface area contributed by atoms with Crippen LogP contribution in [0.25, 0.3) is 0 Å². The van der Waals surface area contributed by atoms with Gasteiger partial charge in [0.25, 0.3) is 0 Å². The van der Waals surface area contributed by atoms with Crippen molar-refractivity contribution in [1.29, 1.82) is 0 Å². The molecular formula is C16H18N2O5S2. The Labute approximate surface area is 153 Å². The van der Waals surface area contributed by atoms with Crippen molar-refractivity contribution in [2.45, 2.75) is 36.9 Å². The Morgan fingerprint density at radius 3 is 2.64 bits per heavy atom. The SMILES string of the molecule is CCC(=O)C1CN2C(=O)C(N(C(C)=O)c3cccs3)[C@H]2SC1C(=O)O. The first-order chi connectivity index (χ1) is 11.9. The number of hydrogen-bond acceptors (Lipinski definition) is 6. The number of amides is 2. The third-order valence-electron chi connectivity index (χ3n) is 4.52. The molecule has 2 saturated heterocycles. The van der Waals surface area contributed by atoms with Gasteiger partial charge in [0.1, 0.15) is 22.4 Å². The standard InChI is InChI=1S/C16H18N2O5S2/c1-3-10(20)9-7-17-14(21)12(15(17)25-13(9)16(22)23)18(8(2)19)11-5-4-6-24-11/h4-6,9,12-13,15H,3,7H2,1-2H3,(H,22,23)/t9?,12?,13?,15-/m1/s1. The van der Waals surface area contributed by atoms with Crippen LogP contribution in [0.4, 0.5) is 5.00 Å². The van der Waals surface area contributed by atoms with Gasteiger partial charge >= 0.3 is 5.97 Å². The molecule has 1 aromatic rings. The Kier molecular flexibility index (Phi) is 4.88. The molecule has 134 valence electrons. The second-order valence-corrected chi connectivity index (χ2v) is 8.18. The maximum Gasteiger partial charge on any atom is 0.317 e. The molecule has 1 aromatic heterocycles. The minimum atomic E-state index is -1.06. The van der Waals surface area contributed by atoms with Gasteiger partial charge in [0.2, 0.25) is 11.8 Å². The number of fused-ring (bicyclic) bond motifs is 1. The van der Waals surface area contributed by atoms with Crippen LogP contribution < -0.4 is 4.90 Å². The second-order valence-electron chi connectivity index (χ2n) is 5.99. The smallest absolute Gasteiger partial charge is 0.317 e. The van der Waals surface area contributed by atoms with E-state index in [0.717, 1.165) is 11.8 Å². The molecule has 3 heterocycles. The van der Waals surface area contributed by atoms with Gasteiger partial charge in [0.15, 0.2) is 0 Å². The van der Waals surface area contributed by atoms with Crippen LogP contribution in [0.5, 0.6) is 0 Å². The lowest BCUT2D eigenvalue weighted by atomic mass is 9.93. The molecule has 2 aliphatic rings. The molecule has 4 atom stereocenters. The lowest BCUT2D eigenvalue weighted by Gasteiger charge is -2.54. The van der Waals surface area contributed by atoms with Crippen molar-refractivity contribution >= 4 is 51.7 Å². The Bertz CT molecular complexity index is 720. The predicted molar refractivity (Wildman–Crippen MR) is 94.6 cm³/mol. The van der Waals surface area contributed by atoms with E-state index in [1.807, 2.05) is 5.38 Å². The summed E-state index contributed by atoms with van der Waals surface area (Å²) in [5.74, 6) is -2.42. The molecule has 2 amide bonds. The fraction of sp³-hybridized carbons (Fsp3) is 0.500. The summed E-state index contributed by atoms with van der Waals surface area (Å²) in [4.78, 5) is 51.4. The molecule has 0 bridgehead atoms. The molecule has 2 aliphatic heterocycles. The third kappa shape index (κ3) is 2.95. The van der Waals surface area contributed by atoms with Gasteiger partial charge in [-0.1, -0.05) is 6.92 Å². The number of thioether (sulfide) groups is 1. The Balaban J connectivity index is 1.88. The van der Waals surface area contributed by atoms with E-state index in [-0.39, 0.29) is 30.6 Å². The van der Waals surface area contributed by atoms with Crippen LogP contribution in [0.2, 0.25) is 0 Å². The first kappa shape index (κ1) is 17.9. The fourth-order valence-corrected chi connectivity index (χ4v) is 5.67. The number of Topliss-reactive ketones (excluding diaryl/α,β-unsaturated/α-hetero) is 1. The van der Waals surface area contributed by atoms with Crippen molar-refractivity contribution in [3.63, 3.8) is 0 Å². The number of hydrogen-bond donors (Lipinski definition) is 1. The number of ketones is 1. The number of nitrogens with zero attached hydrogens (tertiary/aromatic N) is 2. The molecule has 9 heteroatoms. The molecule has 0 saturated carbocycles. The van der Waals surface area contributed by atoms with Gasteiger partial charge in [-0.05, 0) is 17.5 Å². The molecule has 7 nitrogen and oxygen atoms in total. The molecule has 0 aromatic carbocycles. The van der Waals surface area contributed by atoms with Crippen LogP contribution in [0.15, 0.2) is 17.5 Å². The van der Waals surface area contributed by atoms with Crippen molar-refractivity contribution in [1.82, 2.24) is 4.90 Å². The van der Waals surface area contributed by atoms with Gasteiger partial charge in [-0.25, -0.2) is 0 Å². The number of carbonyl (C=O) groups is 4. The number of carboxylic acid groups (broad SMARTS) is 1. The molecule has 1 N–H and O–H groups in total. The molecule has 0 spiro atoms. The summed E-state index contributed by atoms with van der Waals surface area (Å²) in [5, 5.41) is 10.6. The van der Waals surface area contributed by atoms with E-state index in [1.165, 1.54) is 28.1 Å². The van der Waals surface area contributed by atoms with Gasteiger partial charge in [-0.3, -0.25) is 24.1 Å². The summed E-state index contributed by atoms with van der Waals surface area (Å²) in [6.45, 7) is 3.18. The Morgan fingerprint density at radius 1 is 1.40 bits per heavy atom. The van der Waals surface area contributed by atoms with Crippen LogP contribution in [-0.2, 0) is 19.2 Å². The molecular weight excluding hydrogens is 364 g/mol. The summed E-state index contributed by atoms with van der Waals surface area (Å²) in [7, 11) is 0. The van der Waals surface area contributed by atoms with Crippen LogP contribution in [0.3, 0.4) is 0 Å². The minimum absolute atomic E-state index is 0.104. The largest absolute Gasteiger partial charge is 0.480 e. The first-order valence-electron chi connectivity index (χ1n) is 7.91. The monoisotopic (exact) mass is 382 g/mol. The van der Waals surface area contributed by atoms with Gasteiger partial charge in [0, 0.05) is 19.9 Å². The van der Waals surface area contributed by atoms with Crippen molar-refractivity contribution in [3.8, 4) is 0 Å². The van der Waals surface area contributed by atoms with Gasteiger partial charge in [-0.15, -0.1) is 23.1 Å². The fourth-order valence-electron chi connectivity index (χ4n) is 3.30. The number of anilines is 1. The van der Waals surface area contributed by atoms with Gasteiger partial charge < -0.3 is 10.0 Å². The van der Waals surface area contributed by atoms with E-state index >= 15 is 0 Å². The zero-order valence-electron chi connectivity index (χ0n) is 13.7. The highest BCUT2D eigenvalue weighted by atomic mass is 32.2. The molecule has 25 heavy (non-hydrogen) atoms. The normalized spacial score (nSPS) is 28.1. The first-order valence-corrected chi connectivity index (χ1v) is 9.73. The van der Waals surface area contributed by atoms with E-state index in [1.54, 1.807) is 19.1 Å². The van der Waals surface area contributed by atoms with Crippen molar-refractivity contribution in [3.05, 3.63) is 17.5 Å². The van der Waals surface area contributed by atoms with Gasteiger partial charge in [0.05, 0.1) is 10.9 Å². The maximum absolute atomic E-state index is 12.6. The zero-order chi connectivity index (χ0) is 18.3. The van der Waals surface area contributed by atoms with E-state index < -0.39 is 28.6 Å². The average Bonchev–Trinajstić information content (AvgIpc) is 3.10. The predicted octanol–water partition coefficient (Wildman–Crippen LogP) is 1.43. The second kappa shape index (κ2) is 6.80. The quantitative estimate of drug-likeness (QED) is 0.774. The van der Waals surface area contributed by atoms with E-state index in [4.69, 9.17) is 0 Å². The average molecular weight is 382 g/mol. The van der Waals surface area contributed by atoms with Crippen LogP contribution >= 0.6 is 23.1 Å². The summed E-state index contributed by atoms with van der Waals surface area (Å²) in [6.07, 6.45) is 0.236. The van der Waals surface area contributed by atoms with E-state index in [2.05, 4.69) is 0 Å². The van der Waals surface area contributed by atoms with E-state index in [9.17, 15) is 24.3 Å². The lowest BCUT2D eigenvalue weighted by Crippen LogP contribution is -2.74. The zero-order valence-corrected chi connectivity index (χ0v) is 15.4. The number of thiophene rings is 1. The summed E-state index contributed by atoms with van der Waals surface area (Å²) in [6, 6.07) is 2.83. The molecule has 3 rings (SSSR count). The minimum Gasteiger partial charge on any atom is -0.480 e. The van der Waals surface area contributed by atoms with Crippen LogP contribution in [0.1, 0.15) is 20.3 Å². The number of carbonyl (C=O) groups excluding carboxylic acids is 3. The molecule has 0 aliphatic carbocycles. The van der Waals surface area contributed by atoms with Crippen molar-refractivity contribution in [2.24, 2.45) is 5.92 Å². The van der Waals surface area contributed by atoms with Crippen LogP contribution in [-0.4, -0.2) is 56.8 Å². The maximum atomic E-state index is 12.6. The van der Waals surface area contributed by atoms with Crippen LogP contribution in [0, 0.1) is 5.92 Å². The number of aliphatic carboxylic acids is 1. The van der Waals surface area contributed by atoms with Gasteiger partial charge in [-0.2, -0.15) is 0 Å².